The molecule has 0 fully saturated rings. The molecule has 18 heavy (non-hydrogen) atoms. The number of benzene rings is 1. The molecule has 0 amide bonds. The van der Waals surface area contributed by atoms with Crippen molar-refractivity contribution in [2.45, 2.75) is 20.0 Å². The number of halogens is 2. The molecule has 94 valence electrons. The maximum atomic E-state index is 13.6. The third-order valence-electron chi connectivity index (χ3n) is 2.69. The van der Waals surface area contributed by atoms with E-state index in [2.05, 4.69) is 10.2 Å². The van der Waals surface area contributed by atoms with Crippen molar-refractivity contribution in [2.75, 3.05) is 0 Å². The van der Waals surface area contributed by atoms with Gasteiger partial charge in [-0.2, -0.15) is 10.2 Å². The first-order chi connectivity index (χ1) is 8.49. The van der Waals surface area contributed by atoms with E-state index in [9.17, 15) is 13.9 Å². The van der Waals surface area contributed by atoms with E-state index in [0.29, 0.717) is 17.0 Å². The summed E-state index contributed by atoms with van der Waals surface area (Å²) in [4.78, 5) is 0. The van der Waals surface area contributed by atoms with Crippen LogP contribution in [0.15, 0.2) is 24.3 Å². The lowest BCUT2D eigenvalue weighted by Gasteiger charge is -2.14. The molecule has 0 spiro atoms. The van der Waals surface area contributed by atoms with E-state index in [1.165, 1.54) is 6.07 Å². The van der Waals surface area contributed by atoms with Gasteiger partial charge in [-0.15, -0.1) is 0 Å². The molecule has 0 radical (unpaired) electrons. The fourth-order valence-corrected chi connectivity index (χ4v) is 1.74. The third kappa shape index (κ3) is 2.36. The van der Waals surface area contributed by atoms with Crippen molar-refractivity contribution in [3.05, 3.63) is 58.4 Å². The average Bonchev–Trinajstić information content (AvgIpc) is 2.31. The van der Waals surface area contributed by atoms with Crippen LogP contribution in [0.3, 0.4) is 0 Å². The van der Waals surface area contributed by atoms with Crippen LogP contribution in [-0.4, -0.2) is 15.3 Å². The maximum Gasteiger partial charge on any atom is 0.132 e. The predicted octanol–water partition coefficient (Wildman–Crippen LogP) is 2.45. The molecule has 5 heteroatoms. The monoisotopic (exact) mass is 250 g/mol. The summed E-state index contributed by atoms with van der Waals surface area (Å²) < 4.78 is 26.4. The van der Waals surface area contributed by atoms with E-state index >= 15 is 0 Å². The average molecular weight is 250 g/mol. The van der Waals surface area contributed by atoms with Crippen LogP contribution in [0.1, 0.15) is 28.6 Å². The fourth-order valence-electron chi connectivity index (χ4n) is 1.74. The maximum absolute atomic E-state index is 13.6. The van der Waals surface area contributed by atoms with Crippen LogP contribution in [0.25, 0.3) is 0 Å². The zero-order valence-electron chi connectivity index (χ0n) is 9.98. The summed E-state index contributed by atoms with van der Waals surface area (Å²) in [7, 11) is 0. The lowest BCUT2D eigenvalue weighted by atomic mass is 10.00. The normalized spacial score (nSPS) is 12.5. The van der Waals surface area contributed by atoms with Gasteiger partial charge < -0.3 is 5.11 Å². The molecule has 3 nitrogen and oxygen atoms in total. The largest absolute Gasteiger partial charge is 0.383 e. The van der Waals surface area contributed by atoms with Crippen LogP contribution in [0.2, 0.25) is 0 Å². The van der Waals surface area contributed by atoms with Crippen molar-refractivity contribution in [3.8, 4) is 0 Å². The molecule has 0 aliphatic rings. The standard InChI is InChI=1S/C13H12F2N2O/c1-7-5-11(8(2)17-16-7)13(18)10-4-3-9(14)6-12(10)15/h3-6,13,18H,1-2H3. The van der Waals surface area contributed by atoms with Gasteiger partial charge >= 0.3 is 0 Å². The van der Waals surface area contributed by atoms with Crippen molar-refractivity contribution in [1.29, 1.82) is 0 Å². The minimum Gasteiger partial charge on any atom is -0.383 e. The Labute approximate surface area is 103 Å². The highest BCUT2D eigenvalue weighted by Gasteiger charge is 2.18. The molecule has 1 aromatic carbocycles. The minimum absolute atomic E-state index is 0.0203. The van der Waals surface area contributed by atoms with E-state index in [4.69, 9.17) is 0 Å². The highest BCUT2D eigenvalue weighted by molar-refractivity contribution is 5.33. The number of aliphatic hydroxyl groups is 1. The number of hydrogen-bond donors (Lipinski definition) is 1. The summed E-state index contributed by atoms with van der Waals surface area (Å²) >= 11 is 0. The van der Waals surface area contributed by atoms with Gasteiger partial charge in [-0.3, -0.25) is 0 Å². The Balaban J connectivity index is 2.47. The molecule has 1 unspecified atom stereocenters. The van der Waals surface area contributed by atoms with Gasteiger partial charge in [-0.1, -0.05) is 6.07 Å². The van der Waals surface area contributed by atoms with Crippen molar-refractivity contribution >= 4 is 0 Å². The Morgan fingerprint density at radius 1 is 1.06 bits per heavy atom. The van der Waals surface area contributed by atoms with E-state index < -0.39 is 17.7 Å². The Morgan fingerprint density at radius 3 is 2.44 bits per heavy atom. The second kappa shape index (κ2) is 4.78. The molecule has 2 aromatic rings. The van der Waals surface area contributed by atoms with Gasteiger partial charge in [0.15, 0.2) is 0 Å². The van der Waals surface area contributed by atoms with Gasteiger partial charge in [-0.25, -0.2) is 8.78 Å². The van der Waals surface area contributed by atoms with Crippen LogP contribution in [0, 0.1) is 25.5 Å². The number of hydrogen-bond acceptors (Lipinski definition) is 3. The Morgan fingerprint density at radius 2 is 1.78 bits per heavy atom. The van der Waals surface area contributed by atoms with Crippen molar-refractivity contribution < 1.29 is 13.9 Å². The van der Waals surface area contributed by atoms with Crippen LogP contribution >= 0.6 is 0 Å². The summed E-state index contributed by atoms with van der Waals surface area (Å²) in [5.41, 5.74) is 1.62. The molecule has 1 aromatic heterocycles. The summed E-state index contributed by atoms with van der Waals surface area (Å²) in [6, 6.07) is 4.72. The highest BCUT2D eigenvalue weighted by atomic mass is 19.1. The van der Waals surface area contributed by atoms with Crippen LogP contribution in [0.5, 0.6) is 0 Å². The Hall–Kier alpha value is -1.88. The molecular weight excluding hydrogens is 238 g/mol. The molecule has 1 atom stereocenters. The second-order valence-corrected chi connectivity index (χ2v) is 4.09. The van der Waals surface area contributed by atoms with Gasteiger partial charge in [0, 0.05) is 17.2 Å². The third-order valence-corrected chi connectivity index (χ3v) is 2.69. The summed E-state index contributed by atoms with van der Waals surface area (Å²) in [5, 5.41) is 17.8. The zero-order chi connectivity index (χ0) is 13.3. The fraction of sp³-hybridized carbons (Fsp3) is 0.231. The van der Waals surface area contributed by atoms with E-state index in [0.717, 1.165) is 12.1 Å². The van der Waals surface area contributed by atoms with Gasteiger partial charge in [0.05, 0.1) is 11.4 Å². The molecule has 0 aliphatic heterocycles. The van der Waals surface area contributed by atoms with Crippen LogP contribution < -0.4 is 0 Å². The lowest BCUT2D eigenvalue weighted by Crippen LogP contribution is -2.07. The Kier molecular flexibility index (Phi) is 3.34. The summed E-state index contributed by atoms with van der Waals surface area (Å²) in [6.45, 7) is 3.40. The quantitative estimate of drug-likeness (QED) is 0.890. The molecule has 0 saturated carbocycles. The van der Waals surface area contributed by atoms with Crippen LogP contribution in [-0.2, 0) is 0 Å². The number of aliphatic hydroxyl groups excluding tert-OH is 1. The lowest BCUT2D eigenvalue weighted by molar-refractivity contribution is 0.213. The van der Waals surface area contributed by atoms with Gasteiger partial charge in [0.25, 0.3) is 0 Å². The smallest absolute Gasteiger partial charge is 0.132 e. The van der Waals surface area contributed by atoms with Crippen LogP contribution in [0.4, 0.5) is 8.78 Å². The molecule has 0 aliphatic carbocycles. The summed E-state index contributed by atoms with van der Waals surface area (Å²) in [5.74, 6) is -1.46. The number of aromatic nitrogens is 2. The second-order valence-electron chi connectivity index (χ2n) is 4.09. The van der Waals surface area contributed by atoms with Crippen molar-refractivity contribution in [2.24, 2.45) is 0 Å². The van der Waals surface area contributed by atoms with Gasteiger partial charge in [-0.05, 0) is 26.0 Å². The minimum atomic E-state index is -1.18. The first-order valence-corrected chi connectivity index (χ1v) is 5.43. The van der Waals surface area contributed by atoms with Gasteiger partial charge in [0.2, 0.25) is 0 Å². The topological polar surface area (TPSA) is 46.0 Å². The summed E-state index contributed by atoms with van der Waals surface area (Å²) in [6.07, 6.45) is -1.18. The van der Waals surface area contributed by atoms with Crippen molar-refractivity contribution in [3.63, 3.8) is 0 Å². The predicted molar refractivity (Wildman–Crippen MR) is 61.9 cm³/mol. The van der Waals surface area contributed by atoms with Gasteiger partial charge in [0.1, 0.15) is 17.7 Å². The van der Waals surface area contributed by atoms with E-state index in [-0.39, 0.29) is 5.56 Å². The SMILES string of the molecule is Cc1cc(C(O)c2ccc(F)cc2F)c(C)nn1. The Bertz CT molecular complexity index is 587. The molecule has 2 rings (SSSR count). The molecule has 1 N–H and O–H groups in total. The molecular formula is C13H12F2N2O. The molecule has 0 bridgehead atoms. The van der Waals surface area contributed by atoms with E-state index in [1.807, 2.05) is 0 Å². The molecule has 1 heterocycles. The first kappa shape index (κ1) is 12.6. The first-order valence-electron chi connectivity index (χ1n) is 5.43. The van der Waals surface area contributed by atoms with E-state index in [1.54, 1.807) is 19.9 Å². The van der Waals surface area contributed by atoms with Crippen molar-refractivity contribution in [1.82, 2.24) is 10.2 Å². The molecule has 0 saturated heterocycles. The number of rotatable bonds is 2. The number of nitrogens with zero attached hydrogens (tertiary/aromatic N) is 2. The zero-order valence-corrected chi connectivity index (χ0v) is 9.98. The highest BCUT2D eigenvalue weighted by Crippen LogP contribution is 2.26. The number of aryl methyl sites for hydroxylation is 2.